The Hall–Kier alpha value is -2.74. The number of hydrogen-bond donors (Lipinski definition) is 1. The predicted molar refractivity (Wildman–Crippen MR) is 93.7 cm³/mol. The fraction of sp³-hybridized carbons (Fsp3) is 0.312. The highest BCUT2D eigenvalue weighted by Gasteiger charge is 2.19. The van der Waals surface area contributed by atoms with Crippen LogP contribution in [0.1, 0.15) is 20.8 Å². The van der Waals surface area contributed by atoms with Gasteiger partial charge in [-0.25, -0.2) is 9.78 Å². The minimum Gasteiger partial charge on any atom is -0.441 e. The lowest BCUT2D eigenvalue weighted by atomic mass is 10.3. The molecule has 3 heterocycles. The predicted octanol–water partition coefficient (Wildman–Crippen LogP) is 3.45. The molecule has 0 aliphatic carbocycles. The summed E-state index contributed by atoms with van der Waals surface area (Å²) in [6.45, 7) is 6.27. The van der Waals surface area contributed by atoms with E-state index in [1.165, 1.54) is 10.6 Å². The molecule has 2 N–H and O–H groups in total. The molecule has 3 rings (SSSR count). The van der Waals surface area contributed by atoms with Gasteiger partial charge in [-0.1, -0.05) is 0 Å². The Balaban J connectivity index is 1.92. The Morgan fingerprint density at radius 2 is 2.20 bits per heavy atom. The van der Waals surface area contributed by atoms with Gasteiger partial charge >= 0.3 is 6.09 Å². The summed E-state index contributed by atoms with van der Waals surface area (Å²) in [7, 11) is 0. The molecule has 3 aromatic rings. The molecule has 0 saturated heterocycles. The molecule has 0 bridgehead atoms. The van der Waals surface area contributed by atoms with Gasteiger partial charge in [-0.15, -0.1) is 5.10 Å². The molecular weight excluding hydrogens is 346 g/mol. The number of nitrogens with two attached hydrogens (primary N) is 1. The number of amides is 1. The number of furan rings is 1. The fourth-order valence-corrected chi connectivity index (χ4v) is 2.59. The number of aromatic nitrogens is 3. The number of hydrogen-bond acceptors (Lipinski definition) is 6. The van der Waals surface area contributed by atoms with E-state index in [1.807, 2.05) is 20.8 Å². The molecule has 0 atom stereocenters. The number of carbonyl (C=O) groups excluding carboxylic acids is 1. The van der Waals surface area contributed by atoms with Crippen molar-refractivity contribution in [3.8, 4) is 17.3 Å². The van der Waals surface area contributed by atoms with Crippen molar-refractivity contribution in [2.75, 3.05) is 12.3 Å². The van der Waals surface area contributed by atoms with Crippen LogP contribution in [0.4, 0.5) is 10.6 Å². The summed E-state index contributed by atoms with van der Waals surface area (Å²) in [4.78, 5) is 18.2. The van der Waals surface area contributed by atoms with Gasteiger partial charge in [-0.2, -0.15) is 4.52 Å². The Bertz CT molecular complexity index is 918. The van der Waals surface area contributed by atoms with E-state index in [0.29, 0.717) is 29.5 Å². The quantitative estimate of drug-likeness (QED) is 0.762. The second-order valence-corrected chi connectivity index (χ2v) is 6.05. The Kier molecular flexibility index (Phi) is 4.54. The second-order valence-electron chi connectivity index (χ2n) is 5.67. The van der Waals surface area contributed by atoms with Crippen molar-refractivity contribution in [3.63, 3.8) is 0 Å². The van der Waals surface area contributed by atoms with Gasteiger partial charge in [0, 0.05) is 24.7 Å². The van der Waals surface area contributed by atoms with Crippen molar-refractivity contribution < 1.29 is 13.9 Å². The van der Waals surface area contributed by atoms with Crippen LogP contribution in [-0.2, 0) is 0 Å². The summed E-state index contributed by atoms with van der Waals surface area (Å²) >= 11 is 5.78. The lowest BCUT2D eigenvalue weighted by Gasteiger charge is -2.24. The molecule has 0 saturated carbocycles. The van der Waals surface area contributed by atoms with Crippen molar-refractivity contribution in [3.05, 3.63) is 29.5 Å². The first-order valence-corrected chi connectivity index (χ1v) is 8.17. The van der Waals surface area contributed by atoms with Gasteiger partial charge in [0.15, 0.2) is 16.6 Å². The first-order chi connectivity index (χ1) is 11.9. The molecule has 0 aliphatic rings. The molecule has 9 heteroatoms. The van der Waals surface area contributed by atoms with Crippen LogP contribution in [0.25, 0.3) is 17.2 Å². The zero-order valence-corrected chi connectivity index (χ0v) is 14.8. The largest absolute Gasteiger partial charge is 0.441 e. The Morgan fingerprint density at radius 1 is 1.44 bits per heavy atom. The topological polar surface area (TPSA) is 98.9 Å². The normalized spacial score (nSPS) is 11.2. The molecule has 3 aromatic heterocycles. The standard InChI is InChI=1S/C16H18ClN5O3/c1-4-21(9(2)3)16(23)24-10-7-13(18)22-14(8-10)19-15(20-22)11-5-6-12(17)25-11/h5-9H,4,18H2,1-3H3. The van der Waals surface area contributed by atoms with Crippen molar-refractivity contribution in [2.45, 2.75) is 26.8 Å². The van der Waals surface area contributed by atoms with Crippen LogP contribution in [0, 0.1) is 0 Å². The zero-order chi connectivity index (χ0) is 18.1. The van der Waals surface area contributed by atoms with E-state index in [-0.39, 0.29) is 17.1 Å². The lowest BCUT2D eigenvalue weighted by molar-refractivity contribution is 0.142. The van der Waals surface area contributed by atoms with Crippen LogP contribution in [-0.4, -0.2) is 38.2 Å². The smallest absolute Gasteiger partial charge is 0.415 e. The Morgan fingerprint density at radius 3 is 2.80 bits per heavy atom. The monoisotopic (exact) mass is 363 g/mol. The maximum atomic E-state index is 12.3. The third-order valence-electron chi connectivity index (χ3n) is 3.64. The molecule has 0 aromatic carbocycles. The van der Waals surface area contributed by atoms with Crippen LogP contribution in [0.5, 0.6) is 5.75 Å². The van der Waals surface area contributed by atoms with Crippen LogP contribution in [0.15, 0.2) is 28.7 Å². The maximum absolute atomic E-state index is 12.3. The van der Waals surface area contributed by atoms with E-state index in [9.17, 15) is 4.79 Å². The third kappa shape index (κ3) is 3.39. The van der Waals surface area contributed by atoms with Crippen molar-refractivity contribution in [1.29, 1.82) is 0 Å². The van der Waals surface area contributed by atoms with Crippen LogP contribution < -0.4 is 10.5 Å². The van der Waals surface area contributed by atoms with Gasteiger partial charge in [0.25, 0.3) is 0 Å². The molecule has 0 spiro atoms. The van der Waals surface area contributed by atoms with Gasteiger partial charge < -0.3 is 19.8 Å². The van der Waals surface area contributed by atoms with E-state index in [0.717, 1.165) is 0 Å². The van der Waals surface area contributed by atoms with E-state index in [4.69, 9.17) is 26.5 Å². The van der Waals surface area contributed by atoms with Crippen LogP contribution in [0.2, 0.25) is 5.22 Å². The van der Waals surface area contributed by atoms with E-state index in [2.05, 4.69) is 10.1 Å². The number of nitrogen functional groups attached to an aromatic ring is 1. The average Bonchev–Trinajstić information content (AvgIpc) is 3.13. The fourth-order valence-electron chi connectivity index (χ4n) is 2.45. The van der Waals surface area contributed by atoms with Crippen molar-refractivity contribution >= 4 is 29.2 Å². The SMILES string of the molecule is CCN(C(=O)Oc1cc(N)n2nc(-c3ccc(Cl)o3)nc2c1)C(C)C. The minimum atomic E-state index is -0.446. The number of pyridine rings is 1. The molecule has 8 nitrogen and oxygen atoms in total. The second kappa shape index (κ2) is 6.64. The minimum absolute atomic E-state index is 0.0296. The number of nitrogens with zero attached hydrogens (tertiary/aromatic N) is 4. The van der Waals surface area contributed by atoms with Gasteiger partial charge in [0.05, 0.1) is 0 Å². The van der Waals surface area contributed by atoms with Gasteiger partial charge in [-0.3, -0.25) is 0 Å². The molecule has 0 fully saturated rings. The Labute approximate surface area is 149 Å². The van der Waals surface area contributed by atoms with Crippen LogP contribution in [0.3, 0.4) is 0 Å². The molecule has 0 aliphatic heterocycles. The third-order valence-corrected chi connectivity index (χ3v) is 3.84. The van der Waals surface area contributed by atoms with E-state index in [1.54, 1.807) is 23.1 Å². The number of rotatable bonds is 4. The number of carbonyl (C=O) groups is 1. The number of anilines is 1. The van der Waals surface area contributed by atoms with Crippen LogP contribution >= 0.6 is 11.6 Å². The number of fused-ring (bicyclic) bond motifs is 1. The summed E-state index contributed by atoms with van der Waals surface area (Å²) in [6.07, 6.45) is -0.446. The number of halogens is 1. The molecular formula is C16H18ClN5O3. The molecule has 0 radical (unpaired) electrons. The van der Waals surface area contributed by atoms with Crippen molar-refractivity contribution in [1.82, 2.24) is 19.5 Å². The van der Waals surface area contributed by atoms with E-state index < -0.39 is 6.09 Å². The number of ether oxygens (including phenoxy) is 1. The maximum Gasteiger partial charge on any atom is 0.415 e. The highest BCUT2D eigenvalue weighted by molar-refractivity contribution is 6.28. The zero-order valence-electron chi connectivity index (χ0n) is 14.1. The summed E-state index contributed by atoms with van der Waals surface area (Å²) in [5, 5.41) is 4.51. The summed E-state index contributed by atoms with van der Waals surface area (Å²) < 4.78 is 12.2. The highest BCUT2D eigenvalue weighted by atomic mass is 35.5. The highest BCUT2D eigenvalue weighted by Crippen LogP contribution is 2.25. The van der Waals surface area contributed by atoms with Gasteiger partial charge in [0.1, 0.15) is 11.6 Å². The molecule has 0 unspecified atom stereocenters. The average molecular weight is 364 g/mol. The van der Waals surface area contributed by atoms with Crippen molar-refractivity contribution in [2.24, 2.45) is 0 Å². The molecule has 25 heavy (non-hydrogen) atoms. The van der Waals surface area contributed by atoms with E-state index >= 15 is 0 Å². The lowest BCUT2D eigenvalue weighted by Crippen LogP contribution is -2.38. The first-order valence-electron chi connectivity index (χ1n) is 7.79. The summed E-state index contributed by atoms with van der Waals surface area (Å²) in [6, 6.07) is 6.40. The summed E-state index contributed by atoms with van der Waals surface area (Å²) in [5.74, 6) is 1.33. The van der Waals surface area contributed by atoms with Gasteiger partial charge in [-0.05, 0) is 44.5 Å². The molecule has 1 amide bonds. The first kappa shape index (κ1) is 17.1. The summed E-state index contributed by atoms with van der Waals surface area (Å²) in [5.41, 5.74) is 6.43. The van der Waals surface area contributed by atoms with Gasteiger partial charge in [0.2, 0.25) is 5.82 Å². The molecule has 132 valence electrons.